The van der Waals surface area contributed by atoms with Crippen LogP contribution in [0.25, 0.3) is 16.2 Å². The Bertz CT molecular complexity index is 702. The average Bonchev–Trinajstić information content (AvgIpc) is 2.85. The number of rotatable bonds is 1. The third kappa shape index (κ3) is 1.71. The van der Waals surface area contributed by atoms with Crippen LogP contribution in [-0.2, 0) is 0 Å². The van der Waals surface area contributed by atoms with Gasteiger partial charge in [-0.3, -0.25) is 4.40 Å². The number of nitrogens with two attached hydrogens (primary N) is 1. The Morgan fingerprint density at radius 3 is 2.71 bits per heavy atom. The highest BCUT2D eigenvalue weighted by molar-refractivity contribution is 9.11. The molecule has 0 saturated carbocycles. The van der Waals surface area contributed by atoms with Gasteiger partial charge in [-0.25, -0.2) is 4.98 Å². The standard InChI is InChI=1S/C11H7Br2N3S/c12-6-3-5-17-9(6)8-10(14)16-4-1-2-7(13)11(16)15-8/h1-5H,14H2. The number of thiophene rings is 1. The second-order valence-corrected chi connectivity index (χ2v) is 6.12. The topological polar surface area (TPSA) is 43.3 Å². The molecular weight excluding hydrogens is 366 g/mol. The van der Waals surface area contributed by atoms with Crippen molar-refractivity contribution in [1.29, 1.82) is 0 Å². The molecule has 3 rings (SSSR count). The molecule has 6 heteroatoms. The van der Waals surface area contributed by atoms with Crippen molar-refractivity contribution in [3.05, 3.63) is 38.7 Å². The maximum atomic E-state index is 6.13. The number of imidazole rings is 1. The van der Waals surface area contributed by atoms with Crippen molar-refractivity contribution in [2.75, 3.05) is 5.73 Å². The van der Waals surface area contributed by atoms with Crippen LogP contribution < -0.4 is 5.73 Å². The number of pyridine rings is 1. The van der Waals surface area contributed by atoms with Gasteiger partial charge in [-0.05, 0) is 55.4 Å². The molecule has 3 aromatic heterocycles. The molecule has 3 nitrogen and oxygen atoms in total. The molecule has 0 spiro atoms. The second-order valence-electron chi connectivity index (χ2n) is 3.49. The number of anilines is 1. The summed E-state index contributed by atoms with van der Waals surface area (Å²) >= 11 is 8.61. The van der Waals surface area contributed by atoms with E-state index < -0.39 is 0 Å². The minimum Gasteiger partial charge on any atom is -0.383 e. The van der Waals surface area contributed by atoms with Crippen LogP contribution in [0.15, 0.2) is 38.7 Å². The van der Waals surface area contributed by atoms with Crippen molar-refractivity contribution in [3.8, 4) is 10.6 Å². The molecule has 0 atom stereocenters. The van der Waals surface area contributed by atoms with E-state index in [2.05, 4.69) is 36.8 Å². The van der Waals surface area contributed by atoms with Crippen molar-refractivity contribution >= 4 is 54.7 Å². The molecular formula is C11H7Br2N3S. The van der Waals surface area contributed by atoms with E-state index in [0.29, 0.717) is 5.82 Å². The van der Waals surface area contributed by atoms with E-state index in [9.17, 15) is 0 Å². The molecule has 0 aromatic carbocycles. The summed E-state index contributed by atoms with van der Waals surface area (Å²) in [7, 11) is 0. The first kappa shape index (κ1) is 11.3. The molecule has 0 saturated heterocycles. The van der Waals surface area contributed by atoms with Gasteiger partial charge in [0.1, 0.15) is 11.5 Å². The van der Waals surface area contributed by atoms with Gasteiger partial charge in [-0.1, -0.05) is 0 Å². The highest BCUT2D eigenvalue weighted by atomic mass is 79.9. The van der Waals surface area contributed by atoms with Gasteiger partial charge in [0.05, 0.1) is 9.35 Å². The van der Waals surface area contributed by atoms with Crippen molar-refractivity contribution in [3.63, 3.8) is 0 Å². The van der Waals surface area contributed by atoms with Gasteiger partial charge in [0.25, 0.3) is 0 Å². The molecule has 0 aliphatic heterocycles. The molecule has 0 bridgehead atoms. The van der Waals surface area contributed by atoms with E-state index in [-0.39, 0.29) is 0 Å². The van der Waals surface area contributed by atoms with E-state index in [1.54, 1.807) is 11.3 Å². The third-order valence-corrected chi connectivity index (χ3v) is 4.93. The second kappa shape index (κ2) is 4.12. The Labute approximate surface area is 119 Å². The molecule has 3 heterocycles. The summed E-state index contributed by atoms with van der Waals surface area (Å²) in [6, 6.07) is 5.88. The van der Waals surface area contributed by atoms with Crippen molar-refractivity contribution in [1.82, 2.24) is 9.38 Å². The molecule has 86 valence electrons. The number of hydrogen-bond donors (Lipinski definition) is 1. The summed E-state index contributed by atoms with van der Waals surface area (Å²) in [4.78, 5) is 5.64. The normalized spacial score (nSPS) is 11.2. The lowest BCUT2D eigenvalue weighted by molar-refractivity contribution is 1.19. The Morgan fingerprint density at radius 2 is 2.06 bits per heavy atom. The number of halogens is 2. The fourth-order valence-corrected chi connectivity index (χ4v) is 3.67. The summed E-state index contributed by atoms with van der Waals surface area (Å²) < 4.78 is 3.84. The summed E-state index contributed by atoms with van der Waals surface area (Å²) in [5.74, 6) is 0.657. The zero-order valence-electron chi connectivity index (χ0n) is 8.52. The summed E-state index contributed by atoms with van der Waals surface area (Å²) in [6.07, 6.45) is 1.91. The van der Waals surface area contributed by atoms with E-state index in [0.717, 1.165) is 25.2 Å². The number of nitrogen functional groups attached to an aromatic ring is 1. The molecule has 0 fully saturated rings. The molecule has 0 aliphatic rings. The quantitative estimate of drug-likeness (QED) is 0.696. The van der Waals surface area contributed by atoms with Gasteiger partial charge in [-0.15, -0.1) is 11.3 Å². The fourth-order valence-electron chi connectivity index (χ4n) is 1.68. The van der Waals surface area contributed by atoms with Gasteiger partial charge < -0.3 is 5.73 Å². The van der Waals surface area contributed by atoms with E-state index in [1.807, 2.05) is 34.2 Å². The Kier molecular flexibility index (Phi) is 2.72. The Hall–Kier alpha value is -0.850. The summed E-state index contributed by atoms with van der Waals surface area (Å²) in [6.45, 7) is 0. The van der Waals surface area contributed by atoms with Crippen LogP contribution in [0.4, 0.5) is 5.82 Å². The highest BCUT2D eigenvalue weighted by Crippen LogP contribution is 2.37. The number of fused-ring (bicyclic) bond motifs is 1. The lowest BCUT2D eigenvalue weighted by Gasteiger charge is -1.97. The largest absolute Gasteiger partial charge is 0.383 e. The first-order valence-electron chi connectivity index (χ1n) is 4.84. The Morgan fingerprint density at radius 1 is 1.24 bits per heavy atom. The summed E-state index contributed by atoms with van der Waals surface area (Å²) in [5.41, 5.74) is 7.79. The maximum absolute atomic E-state index is 6.13. The first-order chi connectivity index (χ1) is 8.18. The van der Waals surface area contributed by atoms with E-state index in [4.69, 9.17) is 5.73 Å². The predicted octanol–water partition coefficient (Wildman–Crippen LogP) is 4.17. The first-order valence-corrected chi connectivity index (χ1v) is 7.30. The maximum Gasteiger partial charge on any atom is 0.153 e. The molecule has 0 radical (unpaired) electrons. The lowest BCUT2D eigenvalue weighted by Crippen LogP contribution is -1.93. The molecule has 0 unspecified atom stereocenters. The predicted molar refractivity (Wildman–Crippen MR) is 78.3 cm³/mol. The number of hydrogen-bond acceptors (Lipinski definition) is 3. The van der Waals surface area contributed by atoms with E-state index >= 15 is 0 Å². The summed E-state index contributed by atoms with van der Waals surface area (Å²) in [5, 5.41) is 2.01. The van der Waals surface area contributed by atoms with Crippen LogP contribution in [0, 0.1) is 0 Å². The van der Waals surface area contributed by atoms with Gasteiger partial charge in [0.15, 0.2) is 5.65 Å². The van der Waals surface area contributed by atoms with E-state index in [1.165, 1.54) is 0 Å². The monoisotopic (exact) mass is 371 g/mol. The zero-order valence-corrected chi connectivity index (χ0v) is 12.5. The average molecular weight is 373 g/mol. The number of nitrogens with zero attached hydrogens (tertiary/aromatic N) is 2. The van der Waals surface area contributed by atoms with Crippen LogP contribution >= 0.6 is 43.2 Å². The molecule has 2 N–H and O–H groups in total. The highest BCUT2D eigenvalue weighted by Gasteiger charge is 2.15. The van der Waals surface area contributed by atoms with Gasteiger partial charge >= 0.3 is 0 Å². The van der Waals surface area contributed by atoms with Gasteiger partial charge in [-0.2, -0.15) is 0 Å². The SMILES string of the molecule is Nc1c(-c2sccc2Br)nc2c(Br)cccn12. The molecule has 17 heavy (non-hydrogen) atoms. The molecule has 0 amide bonds. The molecule has 0 aliphatic carbocycles. The molecule has 3 aromatic rings. The third-order valence-electron chi connectivity index (χ3n) is 2.47. The van der Waals surface area contributed by atoms with Crippen LogP contribution in [0.3, 0.4) is 0 Å². The van der Waals surface area contributed by atoms with Gasteiger partial charge in [0, 0.05) is 10.7 Å². The minimum atomic E-state index is 0.657. The smallest absolute Gasteiger partial charge is 0.153 e. The van der Waals surface area contributed by atoms with Crippen molar-refractivity contribution in [2.45, 2.75) is 0 Å². The fraction of sp³-hybridized carbons (Fsp3) is 0. The van der Waals surface area contributed by atoms with Crippen LogP contribution in [0.5, 0.6) is 0 Å². The van der Waals surface area contributed by atoms with Crippen LogP contribution in [0.1, 0.15) is 0 Å². The number of aromatic nitrogens is 2. The lowest BCUT2D eigenvalue weighted by atomic mass is 10.3. The Balaban J connectivity index is 2.36. The van der Waals surface area contributed by atoms with Crippen LogP contribution in [0.2, 0.25) is 0 Å². The minimum absolute atomic E-state index is 0.657. The van der Waals surface area contributed by atoms with Crippen molar-refractivity contribution in [2.24, 2.45) is 0 Å². The van der Waals surface area contributed by atoms with Crippen LogP contribution in [-0.4, -0.2) is 9.38 Å². The van der Waals surface area contributed by atoms with Crippen molar-refractivity contribution < 1.29 is 0 Å². The zero-order chi connectivity index (χ0) is 12.0. The van der Waals surface area contributed by atoms with Gasteiger partial charge in [0.2, 0.25) is 0 Å².